The summed E-state index contributed by atoms with van der Waals surface area (Å²) in [6, 6.07) is 19.5. The molecule has 1 atom stereocenters. The van der Waals surface area contributed by atoms with E-state index < -0.39 is 28.5 Å². The first-order chi connectivity index (χ1) is 19.4. The molecule has 1 N–H and O–H groups in total. The van der Waals surface area contributed by atoms with E-state index in [-0.39, 0.29) is 30.6 Å². The number of rotatable bonds is 13. The van der Waals surface area contributed by atoms with E-state index in [0.717, 1.165) is 16.1 Å². The molecule has 8 nitrogen and oxygen atoms in total. The second-order valence-corrected chi connectivity index (χ2v) is 12.5. The molecule has 0 aromatic heterocycles. The Labute approximate surface area is 252 Å². The fraction of sp³-hybridized carbons (Fsp3) is 0.333. The second kappa shape index (κ2) is 14.6. The van der Waals surface area contributed by atoms with Crippen molar-refractivity contribution in [3.05, 3.63) is 94.0 Å². The molecule has 41 heavy (non-hydrogen) atoms. The van der Waals surface area contributed by atoms with E-state index in [4.69, 9.17) is 27.9 Å². The van der Waals surface area contributed by atoms with Crippen molar-refractivity contribution in [2.45, 2.75) is 45.8 Å². The number of hydrogen-bond acceptors (Lipinski definition) is 5. The Morgan fingerprint density at radius 3 is 2.07 bits per heavy atom. The topological polar surface area (TPSA) is 96.0 Å². The monoisotopic (exact) mass is 619 g/mol. The number of hydrogen-bond donors (Lipinski definition) is 1. The Bertz CT molecular complexity index is 1410. The van der Waals surface area contributed by atoms with Crippen molar-refractivity contribution in [2.75, 3.05) is 23.7 Å². The van der Waals surface area contributed by atoms with Gasteiger partial charge in [0.15, 0.2) is 0 Å². The first-order valence-electron chi connectivity index (χ1n) is 13.2. The first-order valence-corrected chi connectivity index (χ1v) is 15.8. The average molecular weight is 621 g/mol. The smallest absolute Gasteiger partial charge is 0.244 e. The van der Waals surface area contributed by atoms with Crippen molar-refractivity contribution >= 4 is 50.7 Å². The minimum atomic E-state index is -3.89. The summed E-state index contributed by atoms with van der Waals surface area (Å²) in [5, 5.41) is 3.55. The molecule has 1 unspecified atom stereocenters. The molecule has 0 fully saturated rings. The quantitative estimate of drug-likeness (QED) is 0.279. The lowest BCUT2D eigenvalue weighted by Gasteiger charge is -2.34. The summed E-state index contributed by atoms with van der Waals surface area (Å²) in [5.74, 6) is -0.410. The van der Waals surface area contributed by atoms with Crippen molar-refractivity contribution in [1.82, 2.24) is 10.2 Å². The van der Waals surface area contributed by atoms with E-state index in [2.05, 4.69) is 5.32 Å². The molecule has 0 saturated carbocycles. The number of carbonyl (C=O) groups is 2. The van der Waals surface area contributed by atoms with E-state index in [1.807, 2.05) is 51.1 Å². The molecule has 0 bridgehead atoms. The zero-order valence-corrected chi connectivity index (χ0v) is 25.8. The summed E-state index contributed by atoms with van der Waals surface area (Å²) in [6.07, 6.45) is 1.22. The van der Waals surface area contributed by atoms with E-state index >= 15 is 0 Å². The first kappa shape index (κ1) is 32.2. The zero-order valence-electron chi connectivity index (χ0n) is 23.5. The largest absolute Gasteiger partial charge is 0.494 e. The van der Waals surface area contributed by atoms with Gasteiger partial charge in [-0.3, -0.25) is 13.9 Å². The normalized spacial score (nSPS) is 12.1. The predicted octanol–water partition coefficient (Wildman–Crippen LogP) is 5.32. The minimum Gasteiger partial charge on any atom is -0.494 e. The van der Waals surface area contributed by atoms with Gasteiger partial charge in [0.05, 0.1) is 18.6 Å². The summed E-state index contributed by atoms with van der Waals surface area (Å²) < 4.78 is 32.3. The zero-order chi connectivity index (χ0) is 30.2. The van der Waals surface area contributed by atoms with Crippen LogP contribution in [-0.4, -0.2) is 56.6 Å². The van der Waals surface area contributed by atoms with Crippen LogP contribution >= 0.6 is 23.2 Å². The summed E-state index contributed by atoms with van der Waals surface area (Å²) in [7, 11) is -3.89. The number of ether oxygens (including phenoxy) is 1. The highest BCUT2D eigenvalue weighted by molar-refractivity contribution is 7.92. The van der Waals surface area contributed by atoms with Gasteiger partial charge in [0.2, 0.25) is 21.8 Å². The summed E-state index contributed by atoms with van der Waals surface area (Å²) >= 11 is 13.0. The van der Waals surface area contributed by atoms with Crippen LogP contribution in [0.15, 0.2) is 72.8 Å². The fourth-order valence-electron chi connectivity index (χ4n) is 4.28. The standard InChI is InChI=1S/C30H35Cl2N3O5S/c1-5-40-24-16-14-23(15-17-24)35(41(4,38)39)20-29(36)34(19-25-26(31)12-9-13-27(25)32)28(30(37)33-21(2)3)18-22-10-7-6-8-11-22/h6-17,21,28H,5,18-20H2,1-4H3,(H,33,37). The van der Waals surface area contributed by atoms with Gasteiger partial charge >= 0.3 is 0 Å². The molecule has 11 heteroatoms. The second-order valence-electron chi connectivity index (χ2n) is 9.79. The number of amides is 2. The van der Waals surface area contributed by atoms with E-state index in [1.54, 1.807) is 42.5 Å². The van der Waals surface area contributed by atoms with Crippen molar-refractivity contribution in [3.8, 4) is 5.75 Å². The van der Waals surface area contributed by atoms with Crippen LogP contribution < -0.4 is 14.4 Å². The summed E-state index contributed by atoms with van der Waals surface area (Å²) in [5.41, 5.74) is 1.56. The van der Waals surface area contributed by atoms with Gasteiger partial charge in [0.1, 0.15) is 18.3 Å². The highest BCUT2D eigenvalue weighted by Gasteiger charge is 2.34. The summed E-state index contributed by atoms with van der Waals surface area (Å²) in [4.78, 5) is 29.1. The van der Waals surface area contributed by atoms with Crippen LogP contribution in [-0.2, 0) is 32.6 Å². The molecule has 0 heterocycles. The van der Waals surface area contributed by atoms with Crippen LogP contribution in [0.4, 0.5) is 5.69 Å². The molecule has 0 spiro atoms. The van der Waals surface area contributed by atoms with Crippen LogP contribution in [0.3, 0.4) is 0 Å². The predicted molar refractivity (Wildman–Crippen MR) is 164 cm³/mol. The molecular weight excluding hydrogens is 585 g/mol. The number of sulfonamides is 1. The van der Waals surface area contributed by atoms with E-state index in [0.29, 0.717) is 28.0 Å². The van der Waals surface area contributed by atoms with Crippen molar-refractivity contribution in [1.29, 1.82) is 0 Å². The van der Waals surface area contributed by atoms with Crippen LogP contribution in [0, 0.1) is 0 Å². The molecule has 3 rings (SSSR count). The van der Waals surface area contributed by atoms with Gasteiger partial charge < -0.3 is 15.0 Å². The highest BCUT2D eigenvalue weighted by atomic mass is 35.5. The molecule has 0 saturated heterocycles. The number of carbonyl (C=O) groups excluding carboxylic acids is 2. The van der Waals surface area contributed by atoms with Gasteiger partial charge in [-0.2, -0.15) is 0 Å². The third-order valence-corrected chi connectivity index (χ3v) is 8.06. The minimum absolute atomic E-state index is 0.110. The van der Waals surface area contributed by atoms with Gasteiger partial charge in [0.25, 0.3) is 0 Å². The lowest BCUT2D eigenvalue weighted by Crippen LogP contribution is -2.54. The Hall–Kier alpha value is -3.27. The lowest BCUT2D eigenvalue weighted by molar-refractivity contribution is -0.140. The molecule has 3 aromatic rings. The van der Waals surface area contributed by atoms with Crippen LogP contribution in [0.5, 0.6) is 5.75 Å². The van der Waals surface area contributed by atoms with Gasteiger partial charge in [0, 0.05) is 34.6 Å². The van der Waals surface area contributed by atoms with Crippen molar-refractivity contribution in [3.63, 3.8) is 0 Å². The maximum absolute atomic E-state index is 14.1. The van der Waals surface area contributed by atoms with Gasteiger partial charge in [-0.25, -0.2) is 8.42 Å². The number of nitrogens with one attached hydrogen (secondary N) is 1. The van der Waals surface area contributed by atoms with Gasteiger partial charge in [-0.1, -0.05) is 59.6 Å². The average Bonchev–Trinajstić information content (AvgIpc) is 2.91. The molecule has 220 valence electrons. The third kappa shape index (κ3) is 9.11. The van der Waals surface area contributed by atoms with Crippen LogP contribution in [0.1, 0.15) is 31.9 Å². The fourth-order valence-corrected chi connectivity index (χ4v) is 5.64. The van der Waals surface area contributed by atoms with E-state index in [9.17, 15) is 18.0 Å². The van der Waals surface area contributed by atoms with E-state index in [1.165, 1.54) is 4.90 Å². The number of nitrogens with zero attached hydrogens (tertiary/aromatic N) is 2. The molecule has 0 aliphatic rings. The highest BCUT2D eigenvalue weighted by Crippen LogP contribution is 2.28. The van der Waals surface area contributed by atoms with Crippen LogP contribution in [0.2, 0.25) is 10.0 Å². The maximum atomic E-state index is 14.1. The maximum Gasteiger partial charge on any atom is 0.244 e. The third-order valence-electron chi connectivity index (χ3n) is 6.21. The Morgan fingerprint density at radius 2 is 1.54 bits per heavy atom. The molecular formula is C30H35Cl2N3O5S. The Morgan fingerprint density at radius 1 is 0.927 bits per heavy atom. The summed E-state index contributed by atoms with van der Waals surface area (Å²) in [6.45, 7) is 5.29. The molecule has 0 aliphatic carbocycles. The lowest BCUT2D eigenvalue weighted by atomic mass is 10.0. The van der Waals surface area contributed by atoms with Gasteiger partial charge in [-0.15, -0.1) is 0 Å². The van der Waals surface area contributed by atoms with Crippen molar-refractivity contribution in [2.24, 2.45) is 0 Å². The number of anilines is 1. The van der Waals surface area contributed by atoms with Crippen molar-refractivity contribution < 1.29 is 22.7 Å². The number of benzene rings is 3. The Balaban J connectivity index is 2.08. The van der Waals surface area contributed by atoms with Crippen LogP contribution in [0.25, 0.3) is 0 Å². The Kier molecular flexibility index (Phi) is 11.5. The molecule has 0 aliphatic heterocycles. The molecule has 2 amide bonds. The number of halogens is 2. The molecule has 0 radical (unpaired) electrons. The van der Waals surface area contributed by atoms with Gasteiger partial charge in [-0.05, 0) is 62.7 Å². The molecule has 3 aromatic carbocycles. The SMILES string of the molecule is CCOc1ccc(N(CC(=O)N(Cc2c(Cl)cccc2Cl)C(Cc2ccccc2)C(=O)NC(C)C)S(C)(=O)=O)cc1.